The van der Waals surface area contributed by atoms with Crippen molar-refractivity contribution in [3.63, 3.8) is 0 Å². The van der Waals surface area contributed by atoms with Crippen LogP contribution in [0.4, 0.5) is 5.69 Å². The predicted octanol–water partition coefficient (Wildman–Crippen LogP) is 4.06. The summed E-state index contributed by atoms with van der Waals surface area (Å²) < 4.78 is 0. The Morgan fingerprint density at radius 1 is 0.944 bits per heavy atom. The number of nitrogens with two attached hydrogens (primary N) is 1. The Morgan fingerprint density at radius 2 is 1.72 bits per heavy atom. The highest BCUT2D eigenvalue weighted by molar-refractivity contribution is 5.84. The molecule has 0 aromatic heterocycles. The molecule has 0 atom stereocenters. The van der Waals surface area contributed by atoms with Crippen molar-refractivity contribution in [2.45, 2.75) is 19.8 Å². The van der Waals surface area contributed by atoms with E-state index in [0.717, 1.165) is 18.5 Å². The molecule has 0 saturated heterocycles. The van der Waals surface area contributed by atoms with Crippen molar-refractivity contribution in [3.8, 4) is 0 Å². The molecule has 2 aromatic rings. The van der Waals surface area contributed by atoms with Crippen molar-refractivity contribution in [2.24, 2.45) is 0 Å². The lowest BCUT2D eigenvalue weighted by Crippen LogP contribution is -2.00. The molecule has 1 nitrogen and oxygen atoms in total. The first kappa shape index (κ1) is 11.1. The number of hydrogen-bond acceptors (Lipinski definition) is 1. The topological polar surface area (TPSA) is 26.0 Å². The normalized spacial score (nSPS) is 13.9. The van der Waals surface area contributed by atoms with Crippen LogP contribution in [0.3, 0.4) is 0 Å². The van der Waals surface area contributed by atoms with Gasteiger partial charge in [-0.3, -0.25) is 0 Å². The summed E-state index contributed by atoms with van der Waals surface area (Å²) in [5.41, 5.74) is 13.4. The standard InChI is InChI=1S/C17H17N/c1-12-2-4-13(5-3-12)14-6-7-16-11-17(18)9-8-15(16)10-14/h2-5,8-11H,6-7,18H2,1H3. The predicted molar refractivity (Wildman–Crippen MR) is 78.2 cm³/mol. The molecule has 0 amide bonds. The molecule has 0 saturated carbocycles. The van der Waals surface area contributed by atoms with E-state index in [1.807, 2.05) is 6.07 Å². The number of hydrogen-bond donors (Lipinski definition) is 1. The minimum atomic E-state index is 0.862. The summed E-state index contributed by atoms with van der Waals surface area (Å²) in [6.45, 7) is 2.12. The first-order valence-electron chi connectivity index (χ1n) is 6.38. The van der Waals surface area contributed by atoms with Gasteiger partial charge in [0.2, 0.25) is 0 Å². The third-order valence-corrected chi connectivity index (χ3v) is 3.58. The van der Waals surface area contributed by atoms with Gasteiger partial charge in [-0.2, -0.15) is 0 Å². The lowest BCUT2D eigenvalue weighted by molar-refractivity contribution is 1.00. The molecule has 0 spiro atoms. The molecule has 0 aliphatic heterocycles. The number of nitrogen functional groups attached to an aromatic ring is 1. The third-order valence-electron chi connectivity index (χ3n) is 3.58. The highest BCUT2D eigenvalue weighted by Crippen LogP contribution is 2.31. The third kappa shape index (κ3) is 2.04. The van der Waals surface area contributed by atoms with Crippen LogP contribution >= 0.6 is 0 Å². The van der Waals surface area contributed by atoms with Crippen molar-refractivity contribution in [1.82, 2.24) is 0 Å². The Kier molecular flexibility index (Phi) is 2.67. The maximum atomic E-state index is 5.82. The highest BCUT2D eigenvalue weighted by atomic mass is 14.5. The molecule has 0 radical (unpaired) electrons. The first-order valence-corrected chi connectivity index (χ1v) is 6.38. The monoisotopic (exact) mass is 235 g/mol. The Bertz CT molecular complexity index is 606. The quantitative estimate of drug-likeness (QED) is 0.741. The van der Waals surface area contributed by atoms with Crippen molar-refractivity contribution in [1.29, 1.82) is 0 Å². The van der Waals surface area contributed by atoms with Crippen LogP contribution in [0, 0.1) is 6.92 Å². The van der Waals surface area contributed by atoms with Crippen LogP contribution in [0.1, 0.15) is 28.7 Å². The van der Waals surface area contributed by atoms with Crippen LogP contribution < -0.4 is 5.73 Å². The van der Waals surface area contributed by atoms with Crippen LogP contribution in [0.5, 0.6) is 0 Å². The minimum Gasteiger partial charge on any atom is -0.399 e. The molecule has 0 unspecified atom stereocenters. The zero-order valence-corrected chi connectivity index (χ0v) is 10.6. The zero-order chi connectivity index (χ0) is 12.5. The van der Waals surface area contributed by atoms with E-state index in [-0.39, 0.29) is 0 Å². The average molecular weight is 235 g/mol. The van der Waals surface area contributed by atoms with E-state index in [9.17, 15) is 0 Å². The molecular weight excluding hydrogens is 218 g/mol. The van der Waals surface area contributed by atoms with E-state index >= 15 is 0 Å². The van der Waals surface area contributed by atoms with E-state index in [0.29, 0.717) is 0 Å². The van der Waals surface area contributed by atoms with E-state index in [1.165, 1.54) is 27.8 Å². The lowest BCUT2D eigenvalue weighted by atomic mass is 9.88. The Hall–Kier alpha value is -2.02. The van der Waals surface area contributed by atoms with Gasteiger partial charge in [-0.15, -0.1) is 0 Å². The van der Waals surface area contributed by atoms with Gasteiger partial charge in [-0.25, -0.2) is 0 Å². The number of aryl methyl sites for hydroxylation is 2. The Morgan fingerprint density at radius 3 is 2.50 bits per heavy atom. The minimum absolute atomic E-state index is 0.862. The van der Waals surface area contributed by atoms with Crippen LogP contribution in [0.2, 0.25) is 0 Å². The van der Waals surface area contributed by atoms with Gasteiger partial charge in [0.15, 0.2) is 0 Å². The molecule has 3 rings (SSSR count). The largest absolute Gasteiger partial charge is 0.399 e. The van der Waals surface area contributed by atoms with Gasteiger partial charge in [0, 0.05) is 5.69 Å². The summed E-state index contributed by atoms with van der Waals surface area (Å²) in [6.07, 6.45) is 4.47. The zero-order valence-electron chi connectivity index (χ0n) is 10.6. The smallest absolute Gasteiger partial charge is 0.0317 e. The summed E-state index contributed by atoms with van der Waals surface area (Å²) in [5, 5.41) is 0. The van der Waals surface area contributed by atoms with Crippen molar-refractivity contribution in [2.75, 3.05) is 5.73 Å². The maximum absolute atomic E-state index is 5.82. The fourth-order valence-corrected chi connectivity index (χ4v) is 2.51. The summed E-state index contributed by atoms with van der Waals surface area (Å²) in [7, 11) is 0. The molecule has 0 bridgehead atoms. The molecule has 2 aromatic carbocycles. The van der Waals surface area contributed by atoms with Crippen molar-refractivity contribution >= 4 is 17.3 Å². The summed E-state index contributed by atoms with van der Waals surface area (Å²) in [5.74, 6) is 0. The van der Waals surface area contributed by atoms with E-state index < -0.39 is 0 Å². The molecule has 0 fully saturated rings. The van der Waals surface area contributed by atoms with Gasteiger partial charge < -0.3 is 5.73 Å². The van der Waals surface area contributed by atoms with Gasteiger partial charge >= 0.3 is 0 Å². The van der Waals surface area contributed by atoms with Gasteiger partial charge in [-0.1, -0.05) is 42.0 Å². The van der Waals surface area contributed by atoms with E-state index in [2.05, 4.69) is 49.4 Å². The number of anilines is 1. The van der Waals surface area contributed by atoms with Crippen LogP contribution in [-0.4, -0.2) is 0 Å². The average Bonchev–Trinajstić information content (AvgIpc) is 2.39. The number of benzene rings is 2. The molecular formula is C17H17N. The molecule has 1 heteroatoms. The van der Waals surface area contributed by atoms with Gasteiger partial charge in [0.25, 0.3) is 0 Å². The molecule has 18 heavy (non-hydrogen) atoms. The molecule has 90 valence electrons. The summed E-state index contributed by atoms with van der Waals surface area (Å²) in [4.78, 5) is 0. The van der Waals surface area contributed by atoms with E-state index in [4.69, 9.17) is 5.73 Å². The molecule has 2 N–H and O–H groups in total. The Balaban J connectivity index is 2.00. The second kappa shape index (κ2) is 4.34. The highest BCUT2D eigenvalue weighted by Gasteiger charge is 2.11. The maximum Gasteiger partial charge on any atom is 0.0317 e. The van der Waals surface area contributed by atoms with Crippen LogP contribution in [0.25, 0.3) is 11.6 Å². The van der Waals surface area contributed by atoms with Gasteiger partial charge in [0.05, 0.1) is 0 Å². The fourth-order valence-electron chi connectivity index (χ4n) is 2.51. The second-order valence-electron chi connectivity index (χ2n) is 4.99. The number of rotatable bonds is 1. The van der Waals surface area contributed by atoms with Gasteiger partial charge in [0.1, 0.15) is 0 Å². The first-order chi connectivity index (χ1) is 8.72. The van der Waals surface area contributed by atoms with Crippen LogP contribution in [0.15, 0.2) is 42.5 Å². The fraction of sp³-hybridized carbons (Fsp3) is 0.176. The lowest BCUT2D eigenvalue weighted by Gasteiger charge is -2.17. The van der Waals surface area contributed by atoms with Gasteiger partial charge in [-0.05, 0) is 54.2 Å². The molecule has 1 aliphatic rings. The second-order valence-corrected chi connectivity index (χ2v) is 4.99. The SMILES string of the molecule is Cc1ccc(C2=Cc3ccc(N)cc3CC2)cc1. The van der Waals surface area contributed by atoms with E-state index in [1.54, 1.807) is 0 Å². The summed E-state index contributed by atoms with van der Waals surface area (Å²) in [6, 6.07) is 15.0. The molecule has 0 heterocycles. The summed E-state index contributed by atoms with van der Waals surface area (Å²) >= 11 is 0. The Labute approximate surface area is 108 Å². The van der Waals surface area contributed by atoms with Crippen LogP contribution in [-0.2, 0) is 6.42 Å². The molecule has 1 aliphatic carbocycles. The van der Waals surface area contributed by atoms with Crippen molar-refractivity contribution < 1.29 is 0 Å². The number of fused-ring (bicyclic) bond motifs is 1. The van der Waals surface area contributed by atoms with Crippen molar-refractivity contribution in [3.05, 3.63) is 64.7 Å². The number of allylic oxidation sites excluding steroid dienone is 1.